The van der Waals surface area contributed by atoms with E-state index in [2.05, 4.69) is 0 Å². The van der Waals surface area contributed by atoms with Crippen LogP contribution in [-0.4, -0.2) is 23.6 Å². The van der Waals surface area contributed by atoms with Crippen LogP contribution in [0.2, 0.25) is 0 Å². The molecule has 0 aromatic heterocycles. The lowest BCUT2D eigenvalue weighted by atomic mass is 10.1. The van der Waals surface area contributed by atoms with Crippen molar-refractivity contribution in [2.24, 2.45) is 0 Å². The number of carbonyl (C=O) groups excluding carboxylic acids is 1. The minimum atomic E-state index is -0.293. The van der Waals surface area contributed by atoms with Gasteiger partial charge in [-0.1, -0.05) is 42.5 Å². The number of carbonyl (C=O) groups is 1. The summed E-state index contributed by atoms with van der Waals surface area (Å²) in [6, 6.07) is 15.9. The summed E-state index contributed by atoms with van der Waals surface area (Å²) in [5.41, 5.74) is 1.88. The van der Waals surface area contributed by atoms with Crippen LogP contribution in [0, 0.1) is 5.82 Å². The van der Waals surface area contributed by atoms with E-state index in [0.29, 0.717) is 6.54 Å². The third-order valence-corrected chi connectivity index (χ3v) is 3.92. The first-order chi connectivity index (χ1) is 10.6. The molecule has 1 aliphatic rings. The molecule has 0 radical (unpaired) electrons. The van der Waals surface area contributed by atoms with E-state index in [1.54, 1.807) is 17.0 Å². The molecule has 3 nitrogen and oxygen atoms in total. The van der Waals surface area contributed by atoms with Crippen LogP contribution in [0.1, 0.15) is 24.2 Å². The zero-order valence-corrected chi connectivity index (χ0v) is 12.4. The predicted octanol–water partition coefficient (Wildman–Crippen LogP) is 3.31. The molecule has 0 bridgehead atoms. The van der Waals surface area contributed by atoms with Crippen LogP contribution < -0.4 is 0 Å². The molecule has 1 heterocycles. The summed E-state index contributed by atoms with van der Waals surface area (Å²) in [6.45, 7) is 2.43. The Morgan fingerprint density at radius 2 is 1.86 bits per heavy atom. The number of nitrogens with zero attached hydrogens (tertiary/aromatic N) is 1. The summed E-state index contributed by atoms with van der Waals surface area (Å²) in [4.78, 5) is 14.2. The molecule has 0 spiro atoms. The van der Waals surface area contributed by atoms with Crippen LogP contribution in [0.5, 0.6) is 0 Å². The van der Waals surface area contributed by atoms with Gasteiger partial charge in [-0.2, -0.15) is 0 Å². The van der Waals surface area contributed by atoms with E-state index in [0.717, 1.165) is 11.1 Å². The van der Waals surface area contributed by atoms with Gasteiger partial charge >= 0.3 is 0 Å². The summed E-state index contributed by atoms with van der Waals surface area (Å²) in [7, 11) is 0. The summed E-state index contributed by atoms with van der Waals surface area (Å²) in [5.74, 6) is -0.296. The Labute approximate surface area is 129 Å². The molecule has 114 valence electrons. The molecule has 2 atom stereocenters. The van der Waals surface area contributed by atoms with E-state index in [9.17, 15) is 9.18 Å². The fraction of sp³-hybridized carbons (Fsp3) is 0.278. The van der Waals surface area contributed by atoms with E-state index in [4.69, 9.17) is 4.74 Å². The largest absolute Gasteiger partial charge is 0.349 e. The van der Waals surface area contributed by atoms with Crippen molar-refractivity contribution in [3.05, 3.63) is 71.5 Å². The average Bonchev–Trinajstić information content (AvgIpc) is 2.92. The van der Waals surface area contributed by atoms with Gasteiger partial charge in [0.2, 0.25) is 5.91 Å². The van der Waals surface area contributed by atoms with Crippen molar-refractivity contribution >= 4 is 5.91 Å². The Balaban J connectivity index is 1.67. The first kappa shape index (κ1) is 14.7. The number of hydrogen-bond donors (Lipinski definition) is 0. The Morgan fingerprint density at radius 3 is 2.55 bits per heavy atom. The number of hydrogen-bond acceptors (Lipinski definition) is 2. The highest BCUT2D eigenvalue weighted by Gasteiger charge is 2.33. The predicted molar refractivity (Wildman–Crippen MR) is 81.5 cm³/mol. The Morgan fingerprint density at radius 1 is 1.18 bits per heavy atom. The van der Waals surface area contributed by atoms with Crippen molar-refractivity contribution in [2.75, 3.05) is 6.54 Å². The van der Waals surface area contributed by atoms with Crippen molar-refractivity contribution in [1.82, 2.24) is 4.90 Å². The molecule has 4 heteroatoms. The standard InChI is InChI=1S/C18H18FNO2/c1-13-20(12-17(22-13)15-5-3-2-4-6-15)18(21)11-14-7-9-16(19)10-8-14/h2-10,13,17H,11-12H2,1H3. The molecule has 0 N–H and O–H groups in total. The molecule has 2 aromatic rings. The highest BCUT2D eigenvalue weighted by atomic mass is 19.1. The SMILES string of the molecule is CC1OC(c2ccccc2)CN1C(=O)Cc1ccc(F)cc1. The van der Waals surface area contributed by atoms with Crippen molar-refractivity contribution < 1.29 is 13.9 Å². The Bertz CT molecular complexity index is 642. The van der Waals surface area contributed by atoms with E-state index < -0.39 is 0 Å². The van der Waals surface area contributed by atoms with Crippen molar-refractivity contribution in [2.45, 2.75) is 25.7 Å². The lowest BCUT2D eigenvalue weighted by Crippen LogP contribution is -2.35. The third-order valence-electron chi connectivity index (χ3n) is 3.92. The molecule has 1 amide bonds. The second-order valence-corrected chi connectivity index (χ2v) is 5.48. The van der Waals surface area contributed by atoms with Gasteiger partial charge in [-0.3, -0.25) is 4.79 Å². The molecule has 2 aromatic carbocycles. The number of amides is 1. The van der Waals surface area contributed by atoms with Gasteiger partial charge in [0.1, 0.15) is 18.1 Å². The maximum Gasteiger partial charge on any atom is 0.229 e. The molecular weight excluding hydrogens is 281 g/mol. The van der Waals surface area contributed by atoms with Gasteiger partial charge in [-0.25, -0.2) is 4.39 Å². The van der Waals surface area contributed by atoms with E-state index in [1.165, 1.54) is 12.1 Å². The highest BCUT2D eigenvalue weighted by molar-refractivity contribution is 5.79. The lowest BCUT2D eigenvalue weighted by Gasteiger charge is -2.19. The zero-order chi connectivity index (χ0) is 15.5. The monoisotopic (exact) mass is 299 g/mol. The molecule has 0 saturated carbocycles. The summed E-state index contributed by atoms with van der Waals surface area (Å²) in [6.07, 6.45) is -0.0818. The fourth-order valence-corrected chi connectivity index (χ4v) is 2.72. The first-order valence-corrected chi connectivity index (χ1v) is 7.38. The van der Waals surface area contributed by atoms with Gasteiger partial charge in [-0.05, 0) is 30.2 Å². The van der Waals surface area contributed by atoms with E-state index in [1.807, 2.05) is 37.3 Å². The number of ether oxygens (including phenoxy) is 1. The fourth-order valence-electron chi connectivity index (χ4n) is 2.72. The van der Waals surface area contributed by atoms with Gasteiger partial charge in [0.15, 0.2) is 0 Å². The van der Waals surface area contributed by atoms with Crippen LogP contribution in [0.3, 0.4) is 0 Å². The van der Waals surface area contributed by atoms with Crippen LogP contribution in [0.25, 0.3) is 0 Å². The van der Waals surface area contributed by atoms with Gasteiger partial charge in [-0.15, -0.1) is 0 Å². The van der Waals surface area contributed by atoms with Crippen LogP contribution >= 0.6 is 0 Å². The number of benzene rings is 2. The molecule has 3 rings (SSSR count). The second-order valence-electron chi connectivity index (χ2n) is 5.48. The molecule has 22 heavy (non-hydrogen) atoms. The minimum Gasteiger partial charge on any atom is -0.349 e. The van der Waals surface area contributed by atoms with E-state index in [-0.39, 0.29) is 30.5 Å². The van der Waals surface area contributed by atoms with E-state index >= 15 is 0 Å². The quantitative estimate of drug-likeness (QED) is 0.870. The van der Waals surface area contributed by atoms with Crippen LogP contribution in [0.15, 0.2) is 54.6 Å². The van der Waals surface area contributed by atoms with Gasteiger partial charge in [0, 0.05) is 0 Å². The molecule has 1 fully saturated rings. The Hall–Kier alpha value is -2.20. The first-order valence-electron chi connectivity index (χ1n) is 7.38. The molecule has 1 saturated heterocycles. The van der Waals surface area contributed by atoms with Crippen LogP contribution in [-0.2, 0) is 16.0 Å². The third kappa shape index (κ3) is 3.17. The highest BCUT2D eigenvalue weighted by Crippen LogP contribution is 2.29. The summed E-state index contributed by atoms with van der Waals surface area (Å²) < 4.78 is 18.8. The van der Waals surface area contributed by atoms with Crippen molar-refractivity contribution in [3.63, 3.8) is 0 Å². The topological polar surface area (TPSA) is 29.5 Å². The smallest absolute Gasteiger partial charge is 0.229 e. The zero-order valence-electron chi connectivity index (χ0n) is 12.4. The molecule has 0 aliphatic carbocycles. The normalized spacial score (nSPS) is 21.1. The lowest BCUT2D eigenvalue weighted by molar-refractivity contribution is -0.134. The van der Waals surface area contributed by atoms with Gasteiger partial charge in [0.05, 0.1) is 13.0 Å². The summed E-state index contributed by atoms with van der Waals surface area (Å²) >= 11 is 0. The number of halogens is 1. The van der Waals surface area contributed by atoms with Crippen molar-refractivity contribution in [1.29, 1.82) is 0 Å². The number of rotatable bonds is 3. The Kier molecular flexibility index (Phi) is 4.20. The molecular formula is C18H18FNO2. The van der Waals surface area contributed by atoms with Gasteiger partial charge in [0.25, 0.3) is 0 Å². The van der Waals surface area contributed by atoms with Crippen molar-refractivity contribution in [3.8, 4) is 0 Å². The maximum atomic E-state index is 12.9. The maximum absolute atomic E-state index is 12.9. The minimum absolute atomic E-state index is 0.00228. The molecule has 1 aliphatic heterocycles. The van der Waals surface area contributed by atoms with Gasteiger partial charge < -0.3 is 9.64 Å². The summed E-state index contributed by atoms with van der Waals surface area (Å²) in [5, 5.41) is 0. The molecule has 2 unspecified atom stereocenters. The average molecular weight is 299 g/mol. The van der Waals surface area contributed by atoms with Crippen LogP contribution in [0.4, 0.5) is 4.39 Å². The second kappa shape index (κ2) is 6.28.